The minimum Gasteiger partial charge on any atom is -0.493 e. The second-order valence-electron chi connectivity index (χ2n) is 6.91. The third-order valence-corrected chi connectivity index (χ3v) is 6.29. The number of hydrogen-bond donors (Lipinski definition) is 0. The SMILES string of the molecule is COc1ccc2c3c1OC1C(OC)(OC)CCC(CC2)C31C. The van der Waals surface area contributed by atoms with Gasteiger partial charge < -0.3 is 18.9 Å². The molecule has 1 saturated carbocycles. The first-order valence-corrected chi connectivity index (χ1v) is 8.08. The fraction of sp³-hybridized carbons (Fsp3) is 0.667. The minimum absolute atomic E-state index is 0.0677. The van der Waals surface area contributed by atoms with Crippen LogP contribution in [0.1, 0.15) is 37.3 Å². The molecule has 0 aromatic heterocycles. The largest absolute Gasteiger partial charge is 0.493 e. The third kappa shape index (κ3) is 1.50. The highest BCUT2D eigenvalue weighted by Gasteiger charge is 2.65. The Balaban J connectivity index is 1.94. The molecule has 0 N–H and O–H groups in total. The maximum atomic E-state index is 6.45. The summed E-state index contributed by atoms with van der Waals surface area (Å²) in [5.41, 5.74) is 2.65. The zero-order valence-corrected chi connectivity index (χ0v) is 13.8. The number of hydrogen-bond acceptors (Lipinski definition) is 4. The summed E-state index contributed by atoms with van der Waals surface area (Å²) in [6.07, 6.45) is 4.18. The van der Waals surface area contributed by atoms with Gasteiger partial charge in [-0.15, -0.1) is 0 Å². The van der Waals surface area contributed by atoms with Crippen LogP contribution in [0.4, 0.5) is 0 Å². The van der Waals surface area contributed by atoms with Crippen molar-refractivity contribution in [2.75, 3.05) is 21.3 Å². The van der Waals surface area contributed by atoms with Crippen molar-refractivity contribution in [2.24, 2.45) is 5.92 Å². The molecule has 0 saturated heterocycles. The van der Waals surface area contributed by atoms with Crippen molar-refractivity contribution in [2.45, 2.75) is 49.9 Å². The number of rotatable bonds is 3. The highest BCUT2D eigenvalue weighted by molar-refractivity contribution is 5.60. The molecule has 1 aromatic rings. The second kappa shape index (κ2) is 4.62. The zero-order chi connectivity index (χ0) is 15.5. The van der Waals surface area contributed by atoms with Crippen molar-refractivity contribution >= 4 is 0 Å². The van der Waals surface area contributed by atoms with Gasteiger partial charge in [0.1, 0.15) is 0 Å². The van der Waals surface area contributed by atoms with Crippen LogP contribution < -0.4 is 9.47 Å². The number of ether oxygens (including phenoxy) is 4. The van der Waals surface area contributed by atoms with Gasteiger partial charge in [-0.2, -0.15) is 0 Å². The molecule has 4 rings (SSSR count). The van der Waals surface area contributed by atoms with Gasteiger partial charge in [0.05, 0.1) is 7.11 Å². The summed E-state index contributed by atoms with van der Waals surface area (Å²) >= 11 is 0. The molecule has 1 heterocycles. The average molecular weight is 304 g/mol. The molecule has 0 radical (unpaired) electrons. The van der Waals surface area contributed by atoms with E-state index in [2.05, 4.69) is 13.0 Å². The quantitative estimate of drug-likeness (QED) is 0.804. The van der Waals surface area contributed by atoms with Crippen LogP contribution in [0.5, 0.6) is 11.5 Å². The van der Waals surface area contributed by atoms with Gasteiger partial charge in [0.25, 0.3) is 0 Å². The van der Waals surface area contributed by atoms with Gasteiger partial charge >= 0.3 is 0 Å². The summed E-state index contributed by atoms with van der Waals surface area (Å²) in [4.78, 5) is 0. The van der Waals surface area contributed by atoms with Crippen LogP contribution in [-0.4, -0.2) is 33.2 Å². The molecular weight excluding hydrogens is 280 g/mol. The summed E-state index contributed by atoms with van der Waals surface area (Å²) in [5, 5.41) is 0. The smallest absolute Gasteiger partial charge is 0.206 e. The van der Waals surface area contributed by atoms with E-state index in [0.717, 1.165) is 30.8 Å². The lowest BCUT2D eigenvalue weighted by Crippen LogP contribution is -2.62. The maximum Gasteiger partial charge on any atom is 0.206 e. The van der Waals surface area contributed by atoms with Gasteiger partial charge in [0.2, 0.25) is 5.79 Å². The Morgan fingerprint density at radius 1 is 1.14 bits per heavy atom. The predicted molar refractivity (Wildman–Crippen MR) is 82.6 cm³/mol. The number of methoxy groups -OCH3 is 3. The van der Waals surface area contributed by atoms with E-state index >= 15 is 0 Å². The van der Waals surface area contributed by atoms with E-state index in [1.807, 2.05) is 6.07 Å². The molecule has 1 aromatic carbocycles. The lowest BCUT2D eigenvalue weighted by molar-refractivity contribution is -0.283. The van der Waals surface area contributed by atoms with Crippen LogP contribution in [0.3, 0.4) is 0 Å². The van der Waals surface area contributed by atoms with E-state index in [4.69, 9.17) is 18.9 Å². The summed E-state index contributed by atoms with van der Waals surface area (Å²) in [7, 11) is 5.15. The van der Waals surface area contributed by atoms with Crippen LogP contribution in [0.15, 0.2) is 12.1 Å². The van der Waals surface area contributed by atoms with Crippen molar-refractivity contribution in [1.82, 2.24) is 0 Å². The van der Waals surface area contributed by atoms with Crippen molar-refractivity contribution < 1.29 is 18.9 Å². The highest BCUT2D eigenvalue weighted by atomic mass is 16.7. The van der Waals surface area contributed by atoms with Crippen molar-refractivity contribution in [1.29, 1.82) is 0 Å². The summed E-state index contributed by atoms with van der Waals surface area (Å²) in [5.74, 6) is 1.65. The molecule has 22 heavy (non-hydrogen) atoms. The van der Waals surface area contributed by atoms with Crippen molar-refractivity contribution in [3.8, 4) is 11.5 Å². The first kappa shape index (κ1) is 14.3. The van der Waals surface area contributed by atoms with E-state index in [1.54, 1.807) is 21.3 Å². The molecule has 0 bridgehead atoms. The zero-order valence-electron chi connectivity index (χ0n) is 13.8. The van der Waals surface area contributed by atoms with Crippen molar-refractivity contribution in [3.05, 3.63) is 23.3 Å². The number of aryl methyl sites for hydroxylation is 1. The van der Waals surface area contributed by atoms with Gasteiger partial charge in [-0.05, 0) is 36.8 Å². The van der Waals surface area contributed by atoms with E-state index in [0.29, 0.717) is 5.92 Å². The molecule has 0 spiro atoms. The average Bonchev–Trinajstić information content (AvgIpc) is 2.88. The van der Waals surface area contributed by atoms with E-state index in [9.17, 15) is 0 Å². The Morgan fingerprint density at radius 2 is 1.91 bits per heavy atom. The molecule has 3 unspecified atom stereocenters. The number of benzene rings is 1. The summed E-state index contributed by atoms with van der Waals surface area (Å²) in [6, 6.07) is 4.22. The molecule has 2 aliphatic carbocycles. The molecule has 1 fully saturated rings. The Morgan fingerprint density at radius 3 is 2.59 bits per heavy atom. The van der Waals surface area contributed by atoms with Gasteiger partial charge in [-0.3, -0.25) is 0 Å². The second-order valence-corrected chi connectivity index (χ2v) is 6.91. The molecule has 3 aliphatic rings. The first-order chi connectivity index (χ1) is 10.6. The highest BCUT2D eigenvalue weighted by Crippen LogP contribution is 2.62. The maximum absolute atomic E-state index is 6.45. The fourth-order valence-corrected chi connectivity index (χ4v) is 5.10. The van der Waals surface area contributed by atoms with Crippen molar-refractivity contribution in [3.63, 3.8) is 0 Å². The van der Waals surface area contributed by atoms with Gasteiger partial charge in [-0.25, -0.2) is 0 Å². The van der Waals surface area contributed by atoms with Gasteiger partial charge in [0.15, 0.2) is 17.6 Å². The van der Waals surface area contributed by atoms with Crippen LogP contribution in [0.2, 0.25) is 0 Å². The Kier molecular flexibility index (Phi) is 3.01. The Hall–Kier alpha value is -1.26. The third-order valence-electron chi connectivity index (χ3n) is 6.29. The van der Waals surface area contributed by atoms with E-state index in [-0.39, 0.29) is 11.5 Å². The normalized spacial score (nSPS) is 34.0. The van der Waals surface area contributed by atoms with Gasteiger partial charge in [0, 0.05) is 31.6 Å². The molecule has 4 nitrogen and oxygen atoms in total. The standard InChI is InChI=1S/C18H24O4/c1-17-12-7-5-11-6-8-13(19-2)15(14(11)17)22-16(17)18(20-3,21-4)10-9-12/h6,8,12,16H,5,7,9-10H2,1-4H3. The monoisotopic (exact) mass is 304 g/mol. The topological polar surface area (TPSA) is 36.9 Å². The molecule has 0 amide bonds. The predicted octanol–water partition coefficient (Wildman–Crippen LogP) is 3.06. The molecule has 4 heteroatoms. The fourth-order valence-electron chi connectivity index (χ4n) is 5.10. The summed E-state index contributed by atoms with van der Waals surface area (Å²) in [6.45, 7) is 2.32. The van der Waals surface area contributed by atoms with Gasteiger partial charge in [-0.1, -0.05) is 13.0 Å². The van der Waals surface area contributed by atoms with E-state index < -0.39 is 5.79 Å². The Labute approximate surface area is 131 Å². The van der Waals surface area contributed by atoms with Crippen LogP contribution in [0.25, 0.3) is 0 Å². The minimum atomic E-state index is -0.677. The van der Waals surface area contributed by atoms with Crippen LogP contribution in [-0.2, 0) is 21.3 Å². The first-order valence-electron chi connectivity index (χ1n) is 8.08. The van der Waals surface area contributed by atoms with E-state index in [1.165, 1.54) is 17.5 Å². The lowest BCUT2D eigenvalue weighted by Gasteiger charge is -2.52. The molecule has 1 aliphatic heterocycles. The molecule has 3 atom stereocenters. The van der Waals surface area contributed by atoms with Crippen LogP contribution >= 0.6 is 0 Å². The molecule has 120 valence electrons. The lowest BCUT2D eigenvalue weighted by atomic mass is 9.56. The Bertz CT molecular complexity index is 607. The summed E-state index contributed by atoms with van der Waals surface area (Å²) < 4.78 is 23.7. The molecular formula is C18H24O4. The van der Waals surface area contributed by atoms with Crippen LogP contribution in [0, 0.1) is 5.92 Å².